The number of allylic oxidation sites excluding steroid dienone is 6. The Bertz CT molecular complexity index is 242. The Hall–Kier alpha value is -0.490. The van der Waals surface area contributed by atoms with Gasteiger partial charge in [-0.15, -0.1) is 0 Å². The van der Waals surface area contributed by atoms with Gasteiger partial charge in [-0.05, 0) is 12.5 Å². The van der Waals surface area contributed by atoms with E-state index in [0.29, 0.717) is 0 Å². The van der Waals surface area contributed by atoms with E-state index in [1.165, 1.54) is 0 Å². The van der Waals surface area contributed by atoms with Crippen molar-refractivity contribution in [2.45, 2.75) is 20.8 Å². The second-order valence-corrected chi connectivity index (χ2v) is 3.93. The molecule has 0 aromatic heterocycles. The van der Waals surface area contributed by atoms with Crippen LogP contribution in [0.1, 0.15) is 20.8 Å². The van der Waals surface area contributed by atoms with Crippen LogP contribution >= 0.6 is 11.6 Å². The minimum absolute atomic E-state index is 0.0886. The molecule has 11 heavy (non-hydrogen) atoms. The van der Waals surface area contributed by atoms with Crippen molar-refractivity contribution in [3.8, 4) is 0 Å². The third-order valence-electron chi connectivity index (χ3n) is 1.75. The summed E-state index contributed by atoms with van der Waals surface area (Å²) in [6, 6.07) is 0. The van der Waals surface area contributed by atoms with Crippen LogP contribution in [0.4, 0.5) is 0 Å². The van der Waals surface area contributed by atoms with E-state index in [2.05, 4.69) is 32.1 Å². The molecule has 60 valence electrons. The summed E-state index contributed by atoms with van der Waals surface area (Å²) < 4.78 is 0. The van der Waals surface area contributed by atoms with E-state index in [0.717, 1.165) is 10.6 Å². The minimum Gasteiger partial charge on any atom is -0.0844 e. The van der Waals surface area contributed by atoms with Gasteiger partial charge in [-0.2, -0.15) is 0 Å². The molecule has 0 spiro atoms. The lowest BCUT2D eigenvalue weighted by Crippen LogP contribution is -2.01. The van der Waals surface area contributed by atoms with Gasteiger partial charge in [0, 0.05) is 10.4 Å². The molecule has 0 amide bonds. The number of halogens is 1. The molecule has 1 aliphatic carbocycles. The topological polar surface area (TPSA) is 0 Å². The predicted molar refractivity (Wildman–Crippen MR) is 50.6 cm³/mol. The molecule has 1 rings (SSSR count). The summed E-state index contributed by atoms with van der Waals surface area (Å²) in [5.41, 5.74) is 1.22. The average molecular weight is 169 g/mol. The second kappa shape index (κ2) is 2.86. The first-order chi connectivity index (χ1) is 5.01. The molecule has 0 aliphatic heterocycles. The summed E-state index contributed by atoms with van der Waals surface area (Å²) in [7, 11) is 0. The maximum atomic E-state index is 6.01. The Morgan fingerprint density at radius 1 is 1.36 bits per heavy atom. The second-order valence-electron chi connectivity index (χ2n) is 3.52. The van der Waals surface area contributed by atoms with Gasteiger partial charge in [-0.3, -0.25) is 0 Å². The lowest BCUT2D eigenvalue weighted by Gasteiger charge is -2.13. The summed E-state index contributed by atoms with van der Waals surface area (Å²) >= 11 is 6.01. The molecular formula is C10H13Cl. The monoisotopic (exact) mass is 168 g/mol. The smallest absolute Gasteiger partial charge is 0.0403 e. The molecule has 0 unspecified atom stereocenters. The van der Waals surface area contributed by atoms with Crippen molar-refractivity contribution in [2.75, 3.05) is 0 Å². The van der Waals surface area contributed by atoms with E-state index >= 15 is 0 Å². The zero-order valence-corrected chi connectivity index (χ0v) is 7.94. The van der Waals surface area contributed by atoms with Crippen LogP contribution in [-0.2, 0) is 0 Å². The van der Waals surface area contributed by atoms with Crippen molar-refractivity contribution < 1.29 is 0 Å². The quantitative estimate of drug-likeness (QED) is 0.518. The van der Waals surface area contributed by atoms with Crippen molar-refractivity contribution >= 4 is 11.6 Å². The zero-order valence-electron chi connectivity index (χ0n) is 7.19. The Morgan fingerprint density at radius 3 is 2.64 bits per heavy atom. The molecule has 1 aliphatic rings. The van der Waals surface area contributed by atoms with Crippen LogP contribution < -0.4 is 0 Å². The number of hydrogen-bond donors (Lipinski definition) is 0. The van der Waals surface area contributed by atoms with Crippen LogP contribution in [0.25, 0.3) is 0 Å². The molecule has 0 bridgehead atoms. The lowest BCUT2D eigenvalue weighted by atomic mass is 9.93. The molecule has 0 atom stereocenters. The van der Waals surface area contributed by atoms with Crippen LogP contribution in [0.15, 0.2) is 34.9 Å². The van der Waals surface area contributed by atoms with E-state index < -0.39 is 0 Å². The van der Waals surface area contributed by atoms with E-state index in [-0.39, 0.29) is 5.41 Å². The van der Waals surface area contributed by atoms with Gasteiger partial charge in [-0.1, -0.05) is 49.8 Å². The fourth-order valence-electron chi connectivity index (χ4n) is 1.01. The van der Waals surface area contributed by atoms with E-state index in [1.807, 2.05) is 13.0 Å². The maximum absolute atomic E-state index is 6.01. The van der Waals surface area contributed by atoms with Crippen molar-refractivity contribution in [3.63, 3.8) is 0 Å². The van der Waals surface area contributed by atoms with Crippen molar-refractivity contribution in [2.24, 2.45) is 5.41 Å². The van der Waals surface area contributed by atoms with Crippen molar-refractivity contribution in [1.29, 1.82) is 0 Å². The van der Waals surface area contributed by atoms with Gasteiger partial charge in [-0.25, -0.2) is 0 Å². The third-order valence-corrected chi connectivity index (χ3v) is 2.15. The van der Waals surface area contributed by atoms with E-state index in [1.54, 1.807) is 0 Å². The summed E-state index contributed by atoms with van der Waals surface area (Å²) in [5, 5.41) is 0.861. The van der Waals surface area contributed by atoms with Crippen LogP contribution in [-0.4, -0.2) is 0 Å². The number of hydrogen-bond acceptors (Lipinski definition) is 0. The Morgan fingerprint density at radius 2 is 2.00 bits per heavy atom. The minimum atomic E-state index is 0.0886. The highest BCUT2D eigenvalue weighted by Crippen LogP contribution is 2.28. The molecule has 0 aromatic carbocycles. The highest BCUT2D eigenvalue weighted by molar-refractivity contribution is 6.32. The maximum Gasteiger partial charge on any atom is 0.0403 e. The Balaban J connectivity index is 3.03. The molecule has 0 nitrogen and oxygen atoms in total. The summed E-state index contributed by atoms with van der Waals surface area (Å²) in [6.45, 7) is 6.29. The Labute approximate surface area is 73.3 Å². The molecule has 0 aromatic rings. The SMILES string of the molecule is CC1=CC=CC(C)(C)C=C1Cl. The standard InChI is InChI=1S/C10H13Cl/c1-8-5-4-6-10(2,3)7-9(8)11/h4-7H,1-3H3. The fraction of sp³-hybridized carbons (Fsp3) is 0.400. The Kier molecular flexibility index (Phi) is 2.24. The zero-order chi connectivity index (χ0) is 8.48. The molecule has 0 saturated carbocycles. The molecular weight excluding hydrogens is 156 g/mol. The first kappa shape index (κ1) is 8.61. The van der Waals surface area contributed by atoms with Gasteiger partial charge in [0.2, 0.25) is 0 Å². The lowest BCUT2D eigenvalue weighted by molar-refractivity contribution is 0.625. The molecule has 1 heteroatoms. The normalized spacial score (nSPS) is 22.2. The molecule has 0 N–H and O–H groups in total. The summed E-state index contributed by atoms with van der Waals surface area (Å²) in [5.74, 6) is 0. The van der Waals surface area contributed by atoms with Gasteiger partial charge >= 0.3 is 0 Å². The third kappa shape index (κ3) is 2.23. The fourth-order valence-corrected chi connectivity index (χ4v) is 1.35. The highest BCUT2D eigenvalue weighted by Gasteiger charge is 2.13. The van der Waals surface area contributed by atoms with Gasteiger partial charge < -0.3 is 0 Å². The first-order valence-electron chi connectivity index (χ1n) is 3.76. The largest absolute Gasteiger partial charge is 0.0844 e. The highest BCUT2D eigenvalue weighted by atomic mass is 35.5. The van der Waals surface area contributed by atoms with Crippen molar-refractivity contribution in [1.82, 2.24) is 0 Å². The van der Waals surface area contributed by atoms with Gasteiger partial charge in [0.15, 0.2) is 0 Å². The molecule has 0 saturated heterocycles. The summed E-state index contributed by atoms with van der Waals surface area (Å²) in [4.78, 5) is 0. The summed E-state index contributed by atoms with van der Waals surface area (Å²) in [6.07, 6.45) is 8.31. The predicted octanol–water partition coefficient (Wildman–Crippen LogP) is 3.65. The van der Waals surface area contributed by atoms with E-state index in [9.17, 15) is 0 Å². The molecule has 0 heterocycles. The number of rotatable bonds is 0. The van der Waals surface area contributed by atoms with Crippen LogP contribution in [0.5, 0.6) is 0 Å². The van der Waals surface area contributed by atoms with Crippen molar-refractivity contribution in [3.05, 3.63) is 34.9 Å². The van der Waals surface area contributed by atoms with Crippen LogP contribution in [0.3, 0.4) is 0 Å². The first-order valence-corrected chi connectivity index (χ1v) is 4.14. The van der Waals surface area contributed by atoms with E-state index in [4.69, 9.17) is 11.6 Å². The van der Waals surface area contributed by atoms with Crippen LogP contribution in [0, 0.1) is 5.41 Å². The van der Waals surface area contributed by atoms with Gasteiger partial charge in [0.1, 0.15) is 0 Å². The molecule has 0 radical (unpaired) electrons. The van der Waals surface area contributed by atoms with Crippen LogP contribution in [0.2, 0.25) is 0 Å². The average Bonchev–Trinajstić information content (AvgIpc) is 1.93. The van der Waals surface area contributed by atoms with Gasteiger partial charge in [0.25, 0.3) is 0 Å². The molecule has 0 fully saturated rings. The van der Waals surface area contributed by atoms with Gasteiger partial charge in [0.05, 0.1) is 0 Å².